The molecular weight excluding hydrogens is 433 g/mol. The Bertz CT molecular complexity index is 479. The highest BCUT2D eigenvalue weighted by atomic mass is 31.2. The Hall–Kier alpha value is -0.500. The summed E-state index contributed by atoms with van der Waals surface area (Å²) in [5, 5.41) is 9.25. The second-order valence-electron chi connectivity index (χ2n) is 8.42. The molecule has 0 aromatic carbocycles. The lowest BCUT2D eigenvalue weighted by Gasteiger charge is -2.24. The summed E-state index contributed by atoms with van der Waals surface area (Å²) in [6.45, 7) is 1.48. The fourth-order valence-electron chi connectivity index (χ4n) is 3.40. The average Bonchev–Trinajstić information content (AvgIpc) is 2.77. The van der Waals surface area contributed by atoms with Gasteiger partial charge in [-0.3, -0.25) is 9.36 Å². The van der Waals surface area contributed by atoms with Gasteiger partial charge in [0.1, 0.15) is 12.7 Å². The summed E-state index contributed by atoms with van der Waals surface area (Å²) in [6, 6.07) is 0. The van der Waals surface area contributed by atoms with E-state index in [1.807, 2.05) is 0 Å². The SMILES string of the molecule is CCCCCCCCCCCCCCCCCC(=O)O[C@H](CO)COP(=O)([O-])OCC[NH3+]. The number of quaternary nitrogens is 1. The molecule has 0 radical (unpaired) electrons. The number of carbonyl (C=O) groups is 1. The quantitative estimate of drug-likeness (QED) is 0.121. The molecule has 0 aliphatic rings. The molecule has 0 heterocycles. The Labute approximate surface area is 195 Å². The maximum atomic E-state index is 11.9. The van der Waals surface area contributed by atoms with Crippen LogP contribution in [-0.2, 0) is 23.1 Å². The van der Waals surface area contributed by atoms with Crippen molar-refractivity contribution >= 4 is 13.8 Å². The third kappa shape index (κ3) is 21.4. The number of hydrogen-bond acceptors (Lipinski definition) is 7. The minimum atomic E-state index is -4.47. The van der Waals surface area contributed by atoms with E-state index >= 15 is 0 Å². The molecule has 192 valence electrons. The predicted octanol–water partition coefficient (Wildman–Crippen LogP) is 3.90. The topological polar surface area (TPSA) is 133 Å². The summed E-state index contributed by atoms with van der Waals surface area (Å²) in [4.78, 5) is 23.3. The van der Waals surface area contributed by atoms with Gasteiger partial charge in [-0.05, 0) is 6.42 Å². The van der Waals surface area contributed by atoms with Crippen LogP contribution in [0.2, 0.25) is 0 Å². The van der Waals surface area contributed by atoms with Gasteiger partial charge in [-0.1, -0.05) is 96.8 Å². The van der Waals surface area contributed by atoms with Crippen LogP contribution >= 0.6 is 7.82 Å². The fourth-order valence-corrected chi connectivity index (χ4v) is 4.17. The second kappa shape index (κ2) is 22.3. The smallest absolute Gasteiger partial charge is 0.306 e. The zero-order valence-corrected chi connectivity index (χ0v) is 21.2. The summed E-state index contributed by atoms with van der Waals surface area (Å²) in [5.41, 5.74) is 3.47. The van der Waals surface area contributed by atoms with Crippen LogP contribution in [0.15, 0.2) is 0 Å². The Morgan fingerprint density at radius 3 is 1.78 bits per heavy atom. The zero-order valence-electron chi connectivity index (χ0n) is 20.3. The van der Waals surface area contributed by atoms with E-state index in [9.17, 15) is 19.4 Å². The van der Waals surface area contributed by atoms with Gasteiger partial charge in [0.05, 0.1) is 19.8 Å². The number of aliphatic hydroxyl groups excluding tert-OH is 1. The lowest BCUT2D eigenvalue weighted by atomic mass is 10.0. The molecule has 0 rings (SSSR count). The van der Waals surface area contributed by atoms with Crippen molar-refractivity contribution in [1.82, 2.24) is 0 Å². The Morgan fingerprint density at radius 2 is 1.34 bits per heavy atom. The highest BCUT2D eigenvalue weighted by Gasteiger charge is 2.18. The lowest BCUT2D eigenvalue weighted by molar-refractivity contribution is -0.373. The van der Waals surface area contributed by atoms with E-state index in [1.54, 1.807) is 0 Å². The van der Waals surface area contributed by atoms with Gasteiger partial charge < -0.3 is 29.5 Å². The summed E-state index contributed by atoms with van der Waals surface area (Å²) in [6.07, 6.45) is 18.0. The van der Waals surface area contributed by atoms with Gasteiger partial charge in [0.15, 0.2) is 0 Å². The van der Waals surface area contributed by atoms with Crippen molar-refractivity contribution in [1.29, 1.82) is 0 Å². The normalized spacial score (nSPS) is 14.2. The highest BCUT2D eigenvalue weighted by molar-refractivity contribution is 7.45. The lowest BCUT2D eigenvalue weighted by Crippen LogP contribution is -2.52. The van der Waals surface area contributed by atoms with E-state index in [0.717, 1.165) is 19.3 Å². The molecule has 0 spiro atoms. The zero-order chi connectivity index (χ0) is 23.9. The molecule has 4 N–H and O–H groups in total. The van der Waals surface area contributed by atoms with Gasteiger partial charge in [0.2, 0.25) is 0 Å². The summed E-state index contributed by atoms with van der Waals surface area (Å²) in [7, 11) is -4.47. The van der Waals surface area contributed by atoms with Crippen molar-refractivity contribution in [3.63, 3.8) is 0 Å². The average molecular weight is 482 g/mol. The van der Waals surface area contributed by atoms with Crippen molar-refractivity contribution < 1.29 is 38.9 Å². The van der Waals surface area contributed by atoms with Gasteiger partial charge in [-0.2, -0.15) is 0 Å². The Morgan fingerprint density at radius 1 is 0.875 bits per heavy atom. The Kier molecular flexibility index (Phi) is 22.0. The van der Waals surface area contributed by atoms with Crippen LogP contribution in [0.5, 0.6) is 0 Å². The van der Waals surface area contributed by atoms with E-state index in [0.29, 0.717) is 0 Å². The first-order valence-corrected chi connectivity index (χ1v) is 14.1. The van der Waals surface area contributed by atoms with Crippen LogP contribution < -0.4 is 10.6 Å². The first kappa shape index (κ1) is 31.5. The number of unbranched alkanes of at least 4 members (excludes halogenated alkanes) is 14. The summed E-state index contributed by atoms with van der Waals surface area (Å²) >= 11 is 0. The third-order valence-electron chi connectivity index (χ3n) is 5.30. The number of phosphoric acid groups is 1. The van der Waals surface area contributed by atoms with Crippen molar-refractivity contribution in [3.8, 4) is 0 Å². The number of esters is 1. The minimum Gasteiger partial charge on any atom is -0.756 e. The van der Waals surface area contributed by atoms with Crippen molar-refractivity contribution in [2.75, 3.05) is 26.4 Å². The van der Waals surface area contributed by atoms with Gasteiger partial charge in [-0.25, -0.2) is 0 Å². The summed E-state index contributed by atoms with van der Waals surface area (Å²) < 4.78 is 25.7. The van der Waals surface area contributed by atoms with Gasteiger partial charge in [-0.15, -0.1) is 0 Å². The van der Waals surface area contributed by atoms with E-state index < -0.39 is 33.1 Å². The molecule has 8 nitrogen and oxygen atoms in total. The van der Waals surface area contributed by atoms with Crippen LogP contribution in [0.25, 0.3) is 0 Å². The van der Waals surface area contributed by atoms with Crippen molar-refractivity contribution in [3.05, 3.63) is 0 Å². The molecular formula is C23H48NO7P. The molecule has 0 saturated heterocycles. The number of carbonyl (C=O) groups excluding carboxylic acids is 1. The van der Waals surface area contributed by atoms with E-state index in [1.165, 1.54) is 77.0 Å². The molecule has 2 atom stereocenters. The van der Waals surface area contributed by atoms with Crippen LogP contribution in [0.3, 0.4) is 0 Å². The van der Waals surface area contributed by atoms with Crippen LogP contribution in [-0.4, -0.2) is 43.5 Å². The van der Waals surface area contributed by atoms with Gasteiger partial charge >= 0.3 is 5.97 Å². The number of aliphatic hydroxyl groups is 1. The van der Waals surface area contributed by atoms with Crippen molar-refractivity contribution in [2.45, 2.75) is 116 Å². The van der Waals surface area contributed by atoms with Crippen molar-refractivity contribution in [2.24, 2.45) is 0 Å². The molecule has 0 bridgehead atoms. The number of ether oxygens (including phenoxy) is 1. The Balaban J connectivity index is 3.55. The number of rotatable bonds is 24. The van der Waals surface area contributed by atoms with E-state index in [4.69, 9.17) is 4.74 Å². The number of hydrogen-bond donors (Lipinski definition) is 2. The monoisotopic (exact) mass is 481 g/mol. The fraction of sp³-hybridized carbons (Fsp3) is 0.957. The predicted molar refractivity (Wildman–Crippen MR) is 124 cm³/mol. The molecule has 0 aliphatic heterocycles. The molecule has 1 unspecified atom stereocenters. The van der Waals surface area contributed by atoms with Crippen LogP contribution in [0, 0.1) is 0 Å². The molecule has 0 aromatic rings. The minimum absolute atomic E-state index is 0.0798. The third-order valence-corrected chi connectivity index (χ3v) is 6.26. The largest absolute Gasteiger partial charge is 0.756 e. The highest BCUT2D eigenvalue weighted by Crippen LogP contribution is 2.37. The first-order chi connectivity index (χ1) is 15.4. The maximum absolute atomic E-state index is 11.9. The van der Waals surface area contributed by atoms with Crippen LogP contribution in [0.1, 0.15) is 110 Å². The molecule has 0 aromatic heterocycles. The molecule has 9 heteroatoms. The molecule has 0 amide bonds. The number of phosphoric ester groups is 1. The van der Waals surface area contributed by atoms with E-state index in [2.05, 4.69) is 21.7 Å². The van der Waals surface area contributed by atoms with Gasteiger partial charge in [0, 0.05) is 6.42 Å². The van der Waals surface area contributed by atoms with E-state index in [-0.39, 0.29) is 19.6 Å². The standard InChI is InChI=1S/C23H48NO7P/c1-2-3-4-5-6-7-8-9-10-11-12-13-14-15-16-17-23(26)31-22(20-25)21-30-32(27,28)29-19-18-24/h22,25H,2-21,24H2,1H3,(H,27,28)/t22-/m1/s1. The first-order valence-electron chi connectivity index (χ1n) is 12.6. The second-order valence-corrected chi connectivity index (χ2v) is 9.83. The summed E-state index contributed by atoms with van der Waals surface area (Å²) in [5.74, 6) is -0.457. The molecule has 32 heavy (non-hydrogen) atoms. The van der Waals surface area contributed by atoms with Gasteiger partial charge in [0.25, 0.3) is 7.82 Å². The van der Waals surface area contributed by atoms with Crippen LogP contribution in [0.4, 0.5) is 0 Å². The molecule has 0 aliphatic carbocycles. The molecule has 0 saturated carbocycles. The maximum Gasteiger partial charge on any atom is 0.306 e. The molecule has 0 fully saturated rings.